The second-order valence-electron chi connectivity index (χ2n) is 8.45. The first-order valence-corrected chi connectivity index (χ1v) is 10.6. The molecule has 3 fully saturated rings. The molecule has 160 valence electrons. The van der Waals surface area contributed by atoms with Crippen LogP contribution in [0.25, 0.3) is 0 Å². The van der Waals surface area contributed by atoms with Crippen LogP contribution in [0.1, 0.15) is 36.2 Å². The molecule has 0 bridgehead atoms. The molecule has 1 aromatic heterocycles. The van der Waals surface area contributed by atoms with E-state index in [1.807, 2.05) is 4.90 Å². The Labute approximate surface area is 171 Å². The van der Waals surface area contributed by atoms with Crippen molar-refractivity contribution < 1.29 is 23.5 Å². The van der Waals surface area contributed by atoms with Crippen molar-refractivity contribution in [2.75, 3.05) is 53.0 Å². The fourth-order valence-electron chi connectivity index (χ4n) is 4.15. The van der Waals surface area contributed by atoms with Crippen LogP contribution in [0.3, 0.4) is 0 Å². The topological polar surface area (TPSA) is 84.2 Å². The molecular weight excluding hydrogens is 374 g/mol. The Morgan fingerprint density at radius 2 is 1.93 bits per heavy atom. The van der Waals surface area contributed by atoms with Gasteiger partial charge in [-0.25, -0.2) is 0 Å². The average Bonchev–Trinajstić information content (AvgIpc) is 3.41. The number of hydrogen-bond acceptors (Lipinski definition) is 6. The number of carbonyl (C=O) groups excluding carboxylic acids is 2. The summed E-state index contributed by atoms with van der Waals surface area (Å²) in [5.74, 6) is 1.71. The van der Waals surface area contributed by atoms with Crippen LogP contribution in [0.2, 0.25) is 0 Å². The highest BCUT2D eigenvalue weighted by molar-refractivity contribution is 5.91. The van der Waals surface area contributed by atoms with Gasteiger partial charge in [-0.1, -0.05) is 0 Å². The average molecular weight is 405 g/mol. The molecular formula is C21H31N3O5. The highest BCUT2D eigenvalue weighted by Gasteiger charge is 2.31. The van der Waals surface area contributed by atoms with Crippen LogP contribution < -0.4 is 10.1 Å². The van der Waals surface area contributed by atoms with Gasteiger partial charge in [-0.2, -0.15) is 0 Å². The summed E-state index contributed by atoms with van der Waals surface area (Å²) in [6.45, 7) is 5.27. The molecule has 2 amide bonds. The summed E-state index contributed by atoms with van der Waals surface area (Å²) in [6, 6.07) is 3.17. The van der Waals surface area contributed by atoms with Crippen molar-refractivity contribution in [3.8, 4) is 5.95 Å². The minimum absolute atomic E-state index is 0.0451. The molecule has 8 nitrogen and oxygen atoms in total. The highest BCUT2D eigenvalue weighted by Crippen LogP contribution is 2.31. The predicted octanol–water partition coefficient (Wildman–Crippen LogP) is 1.37. The van der Waals surface area contributed by atoms with E-state index < -0.39 is 0 Å². The van der Waals surface area contributed by atoms with Gasteiger partial charge in [0.15, 0.2) is 5.76 Å². The number of likely N-dealkylation sites (tertiary alicyclic amines) is 1. The molecule has 1 aliphatic carbocycles. The van der Waals surface area contributed by atoms with E-state index in [0.717, 1.165) is 38.4 Å². The number of nitrogens with zero attached hydrogens (tertiary/aromatic N) is 2. The van der Waals surface area contributed by atoms with Crippen molar-refractivity contribution in [2.45, 2.75) is 31.8 Å². The van der Waals surface area contributed by atoms with Gasteiger partial charge in [0.1, 0.15) is 6.61 Å². The van der Waals surface area contributed by atoms with Gasteiger partial charge < -0.3 is 29.0 Å². The molecule has 8 heteroatoms. The monoisotopic (exact) mass is 405 g/mol. The lowest BCUT2D eigenvalue weighted by atomic mass is 9.95. The Balaban J connectivity index is 1.20. The Morgan fingerprint density at radius 3 is 2.62 bits per heavy atom. The van der Waals surface area contributed by atoms with Crippen LogP contribution in [0, 0.1) is 11.8 Å². The minimum Gasteiger partial charge on any atom is -0.468 e. The number of carbonyl (C=O) groups is 2. The van der Waals surface area contributed by atoms with Crippen LogP contribution in [0.4, 0.5) is 0 Å². The molecule has 0 unspecified atom stereocenters. The van der Waals surface area contributed by atoms with Crippen LogP contribution in [0.5, 0.6) is 5.95 Å². The van der Waals surface area contributed by atoms with E-state index in [-0.39, 0.29) is 30.3 Å². The number of piperidine rings is 1. The van der Waals surface area contributed by atoms with Crippen molar-refractivity contribution in [3.63, 3.8) is 0 Å². The molecule has 2 saturated heterocycles. The highest BCUT2D eigenvalue weighted by atomic mass is 16.6. The summed E-state index contributed by atoms with van der Waals surface area (Å²) in [6.07, 6.45) is 4.89. The van der Waals surface area contributed by atoms with E-state index >= 15 is 0 Å². The first-order valence-electron chi connectivity index (χ1n) is 10.6. The molecule has 3 aliphatic rings. The smallest absolute Gasteiger partial charge is 0.287 e. The molecule has 4 rings (SSSR count). The number of methoxy groups -OCH3 is 1. The quantitative estimate of drug-likeness (QED) is 0.703. The zero-order valence-corrected chi connectivity index (χ0v) is 17.1. The zero-order valence-electron chi connectivity index (χ0n) is 17.1. The number of hydrogen-bond donors (Lipinski definition) is 1. The standard InChI is InChI=1S/C21H31N3O5/c1-27-20-5-4-18(29-20)21(26)22-10-17-13-24(19(25)14-28-17)12-16-6-8-23(9-7-16)11-15-2-3-15/h4-5,15-17H,2-3,6-14H2,1H3,(H,22,26)/t17-/m0/s1. The third-order valence-electron chi connectivity index (χ3n) is 6.11. The molecule has 1 N–H and O–H groups in total. The molecule has 29 heavy (non-hydrogen) atoms. The Kier molecular flexibility index (Phi) is 6.40. The maximum atomic E-state index is 12.3. The van der Waals surface area contributed by atoms with Crippen molar-refractivity contribution in [1.29, 1.82) is 0 Å². The van der Waals surface area contributed by atoms with Gasteiger partial charge in [0, 0.05) is 32.2 Å². The van der Waals surface area contributed by atoms with E-state index in [1.165, 1.54) is 26.5 Å². The fraction of sp³-hybridized carbons (Fsp3) is 0.714. The summed E-state index contributed by atoms with van der Waals surface area (Å²) >= 11 is 0. The van der Waals surface area contributed by atoms with E-state index in [9.17, 15) is 9.59 Å². The minimum atomic E-state index is -0.316. The molecule has 1 saturated carbocycles. The van der Waals surface area contributed by atoms with Gasteiger partial charge in [-0.3, -0.25) is 9.59 Å². The van der Waals surface area contributed by atoms with Crippen molar-refractivity contribution >= 4 is 11.8 Å². The maximum absolute atomic E-state index is 12.3. The molecule has 2 aliphatic heterocycles. The lowest BCUT2D eigenvalue weighted by molar-refractivity contribution is -0.149. The summed E-state index contributed by atoms with van der Waals surface area (Å²) in [4.78, 5) is 29.0. The lowest BCUT2D eigenvalue weighted by Crippen LogP contribution is -2.52. The number of rotatable bonds is 8. The van der Waals surface area contributed by atoms with Crippen LogP contribution in [0.15, 0.2) is 16.5 Å². The summed E-state index contributed by atoms with van der Waals surface area (Å²) in [7, 11) is 1.49. The van der Waals surface area contributed by atoms with E-state index in [0.29, 0.717) is 25.0 Å². The fourth-order valence-corrected chi connectivity index (χ4v) is 4.15. The van der Waals surface area contributed by atoms with Crippen LogP contribution >= 0.6 is 0 Å². The van der Waals surface area contributed by atoms with Gasteiger partial charge in [0.2, 0.25) is 5.91 Å². The number of furan rings is 1. The number of ether oxygens (including phenoxy) is 2. The van der Waals surface area contributed by atoms with Crippen molar-refractivity contribution in [2.24, 2.45) is 11.8 Å². The van der Waals surface area contributed by atoms with Gasteiger partial charge >= 0.3 is 0 Å². The van der Waals surface area contributed by atoms with Gasteiger partial charge in [-0.15, -0.1) is 0 Å². The van der Waals surface area contributed by atoms with E-state index in [2.05, 4.69) is 10.2 Å². The van der Waals surface area contributed by atoms with E-state index in [1.54, 1.807) is 12.1 Å². The second kappa shape index (κ2) is 9.17. The molecule has 0 spiro atoms. The predicted molar refractivity (Wildman–Crippen MR) is 106 cm³/mol. The second-order valence-corrected chi connectivity index (χ2v) is 8.45. The summed E-state index contributed by atoms with van der Waals surface area (Å²) in [5.41, 5.74) is 0. The van der Waals surface area contributed by atoms with Crippen molar-refractivity contribution in [1.82, 2.24) is 15.1 Å². The van der Waals surface area contributed by atoms with Crippen molar-refractivity contribution in [3.05, 3.63) is 17.9 Å². The Bertz CT molecular complexity index is 709. The largest absolute Gasteiger partial charge is 0.468 e. The molecule has 3 heterocycles. The first kappa shape index (κ1) is 20.2. The first-order chi connectivity index (χ1) is 14.1. The van der Waals surface area contributed by atoms with E-state index in [4.69, 9.17) is 13.9 Å². The lowest BCUT2D eigenvalue weighted by Gasteiger charge is -2.38. The Hall–Kier alpha value is -2.06. The number of nitrogens with one attached hydrogen (secondary N) is 1. The third kappa shape index (κ3) is 5.51. The maximum Gasteiger partial charge on any atom is 0.287 e. The molecule has 0 aromatic carbocycles. The Morgan fingerprint density at radius 1 is 1.17 bits per heavy atom. The number of amides is 2. The molecule has 1 aromatic rings. The zero-order chi connectivity index (χ0) is 20.2. The SMILES string of the molecule is COc1ccc(C(=O)NC[C@H]2CN(CC3CCN(CC4CC4)CC3)C(=O)CO2)o1. The van der Waals surface area contributed by atoms with Gasteiger partial charge in [0.05, 0.1) is 13.2 Å². The molecule has 1 atom stereocenters. The number of morpholine rings is 1. The van der Waals surface area contributed by atoms with Gasteiger partial charge in [-0.05, 0) is 56.7 Å². The van der Waals surface area contributed by atoms with Crippen LogP contribution in [-0.4, -0.2) is 80.7 Å². The van der Waals surface area contributed by atoms with Crippen LogP contribution in [-0.2, 0) is 9.53 Å². The summed E-state index contributed by atoms with van der Waals surface area (Å²) in [5, 5.41) is 2.82. The van der Waals surface area contributed by atoms with Gasteiger partial charge in [0.25, 0.3) is 11.9 Å². The normalized spacial score (nSPS) is 24.0. The summed E-state index contributed by atoms with van der Waals surface area (Å²) < 4.78 is 15.8. The molecule has 0 radical (unpaired) electrons. The third-order valence-corrected chi connectivity index (χ3v) is 6.11.